The molecule has 32 heavy (non-hydrogen) atoms. The molecule has 1 N–H and O–H groups in total. The van der Waals surface area contributed by atoms with Crippen LogP contribution in [-0.4, -0.2) is 40.5 Å². The number of anilines is 1. The van der Waals surface area contributed by atoms with Gasteiger partial charge in [0.25, 0.3) is 5.69 Å². The number of carbonyl (C=O) groups is 2. The average molecular weight is 467 g/mol. The normalized spacial score (nSPS) is 14.8. The summed E-state index contributed by atoms with van der Waals surface area (Å²) in [5, 5.41) is 14.0. The number of likely N-dealkylation sites (tertiary alicyclic amines) is 1. The molecule has 0 spiro atoms. The van der Waals surface area contributed by atoms with Crippen molar-refractivity contribution in [2.24, 2.45) is 5.92 Å². The molecule has 0 saturated carbocycles. The van der Waals surface area contributed by atoms with Crippen LogP contribution in [0.5, 0.6) is 0 Å². The number of benzene rings is 2. The van der Waals surface area contributed by atoms with Gasteiger partial charge in [-0.05, 0) is 37.1 Å². The van der Waals surface area contributed by atoms with Crippen molar-refractivity contribution in [3.8, 4) is 0 Å². The second-order valence-corrected chi connectivity index (χ2v) is 8.25. The van der Waals surface area contributed by atoms with Gasteiger partial charge in [-0.1, -0.05) is 18.2 Å². The number of alkyl halides is 3. The van der Waals surface area contributed by atoms with Crippen molar-refractivity contribution in [2.75, 3.05) is 24.2 Å². The molecule has 1 saturated heterocycles. The number of amides is 2. The van der Waals surface area contributed by atoms with Crippen LogP contribution < -0.4 is 5.32 Å². The molecule has 1 aliphatic rings. The maximum atomic E-state index is 12.8. The number of thioether (sulfide) groups is 1. The fourth-order valence-electron chi connectivity index (χ4n) is 3.35. The number of carbonyl (C=O) groups excluding carboxylic acids is 2. The lowest BCUT2D eigenvalue weighted by Gasteiger charge is -2.31. The van der Waals surface area contributed by atoms with Crippen LogP contribution >= 0.6 is 11.8 Å². The first-order valence-corrected chi connectivity index (χ1v) is 10.8. The van der Waals surface area contributed by atoms with Crippen molar-refractivity contribution in [2.45, 2.75) is 23.9 Å². The molecule has 0 atom stereocenters. The Hall–Kier alpha value is -3.08. The molecular formula is C21H20F3N3O4S. The monoisotopic (exact) mass is 467 g/mol. The summed E-state index contributed by atoms with van der Waals surface area (Å²) in [7, 11) is 0. The highest BCUT2D eigenvalue weighted by Gasteiger charge is 2.33. The van der Waals surface area contributed by atoms with Crippen LogP contribution in [0.15, 0.2) is 53.4 Å². The Morgan fingerprint density at radius 3 is 2.38 bits per heavy atom. The lowest BCUT2D eigenvalue weighted by atomic mass is 9.96. The fourth-order valence-corrected chi connectivity index (χ4v) is 4.25. The summed E-state index contributed by atoms with van der Waals surface area (Å²) in [4.78, 5) is 36.7. The summed E-state index contributed by atoms with van der Waals surface area (Å²) in [6.45, 7) is 0.725. The van der Waals surface area contributed by atoms with Gasteiger partial charge in [0.1, 0.15) is 0 Å². The number of halogens is 3. The van der Waals surface area contributed by atoms with Crippen molar-refractivity contribution in [1.29, 1.82) is 0 Å². The van der Waals surface area contributed by atoms with E-state index in [1.807, 2.05) is 18.2 Å². The van der Waals surface area contributed by atoms with Crippen molar-refractivity contribution in [3.63, 3.8) is 0 Å². The minimum atomic E-state index is -4.69. The first kappa shape index (κ1) is 23.6. The van der Waals surface area contributed by atoms with E-state index in [0.29, 0.717) is 37.7 Å². The zero-order valence-corrected chi connectivity index (χ0v) is 17.6. The van der Waals surface area contributed by atoms with Crippen LogP contribution in [0.1, 0.15) is 18.4 Å². The topological polar surface area (TPSA) is 92.6 Å². The maximum Gasteiger partial charge on any atom is 0.416 e. The largest absolute Gasteiger partial charge is 0.416 e. The van der Waals surface area contributed by atoms with Gasteiger partial charge in [-0.3, -0.25) is 19.7 Å². The molecule has 2 aromatic rings. The van der Waals surface area contributed by atoms with Gasteiger partial charge in [-0.25, -0.2) is 0 Å². The second-order valence-electron chi connectivity index (χ2n) is 7.24. The molecule has 2 amide bonds. The van der Waals surface area contributed by atoms with Crippen molar-refractivity contribution >= 4 is 35.0 Å². The van der Waals surface area contributed by atoms with Crippen molar-refractivity contribution in [1.82, 2.24) is 4.90 Å². The molecular weight excluding hydrogens is 447 g/mol. The highest BCUT2D eigenvalue weighted by Crippen LogP contribution is 2.36. The lowest BCUT2D eigenvalue weighted by Crippen LogP contribution is -2.42. The van der Waals surface area contributed by atoms with Gasteiger partial charge in [0, 0.05) is 30.8 Å². The molecule has 7 nitrogen and oxygen atoms in total. The minimum Gasteiger partial charge on any atom is -0.342 e. The van der Waals surface area contributed by atoms with Crippen LogP contribution in [0, 0.1) is 16.0 Å². The number of piperidine rings is 1. The Bertz CT molecular complexity index is 994. The molecule has 0 aliphatic carbocycles. The third kappa shape index (κ3) is 6.00. The van der Waals surface area contributed by atoms with Gasteiger partial charge in [0.05, 0.1) is 21.1 Å². The Morgan fingerprint density at radius 1 is 1.12 bits per heavy atom. The predicted octanol–water partition coefficient (Wildman–Crippen LogP) is 4.58. The average Bonchev–Trinajstić information content (AvgIpc) is 2.77. The highest BCUT2D eigenvalue weighted by atomic mass is 32.2. The van der Waals surface area contributed by atoms with Crippen molar-refractivity contribution in [3.05, 3.63) is 64.2 Å². The molecule has 2 aromatic carbocycles. The second kappa shape index (κ2) is 10.0. The van der Waals surface area contributed by atoms with Crippen LogP contribution in [0.25, 0.3) is 0 Å². The Labute approximate surface area is 186 Å². The summed E-state index contributed by atoms with van der Waals surface area (Å²) < 4.78 is 38.4. The van der Waals surface area contributed by atoms with Crippen LogP contribution in [0.2, 0.25) is 0 Å². The number of hydrogen-bond donors (Lipinski definition) is 1. The third-order valence-corrected chi connectivity index (χ3v) is 6.14. The first-order chi connectivity index (χ1) is 15.1. The molecule has 1 aliphatic heterocycles. The zero-order valence-electron chi connectivity index (χ0n) is 16.8. The number of para-hydroxylation sites is 1. The number of nitrogens with one attached hydrogen (secondary N) is 1. The molecule has 3 rings (SSSR count). The molecule has 1 heterocycles. The molecule has 11 heteroatoms. The van der Waals surface area contributed by atoms with E-state index in [-0.39, 0.29) is 28.4 Å². The van der Waals surface area contributed by atoms with E-state index in [2.05, 4.69) is 5.32 Å². The SMILES string of the molecule is O=C(Nc1ccccc1)C1CCN(C(=O)CSc2ccc(C(F)(F)F)cc2[N+](=O)[O-])CC1. The van der Waals surface area contributed by atoms with E-state index in [9.17, 15) is 32.9 Å². The van der Waals surface area contributed by atoms with Crippen LogP contribution in [0.3, 0.4) is 0 Å². The molecule has 1 fully saturated rings. The molecule has 170 valence electrons. The predicted molar refractivity (Wildman–Crippen MR) is 113 cm³/mol. The van der Waals surface area contributed by atoms with Gasteiger partial charge >= 0.3 is 6.18 Å². The summed E-state index contributed by atoms with van der Waals surface area (Å²) in [6, 6.07) is 11.3. The lowest BCUT2D eigenvalue weighted by molar-refractivity contribution is -0.388. The van der Waals surface area contributed by atoms with Gasteiger partial charge in [0.2, 0.25) is 11.8 Å². The third-order valence-electron chi connectivity index (χ3n) is 5.09. The quantitative estimate of drug-likeness (QED) is 0.381. The molecule has 0 aromatic heterocycles. The summed E-state index contributed by atoms with van der Waals surface area (Å²) in [6.07, 6.45) is -3.73. The summed E-state index contributed by atoms with van der Waals surface area (Å²) in [5.74, 6) is -0.778. The Morgan fingerprint density at radius 2 is 1.78 bits per heavy atom. The summed E-state index contributed by atoms with van der Waals surface area (Å²) >= 11 is 0.826. The summed E-state index contributed by atoms with van der Waals surface area (Å²) in [5.41, 5.74) is -1.10. The van der Waals surface area contributed by atoms with E-state index < -0.39 is 22.4 Å². The molecule has 0 radical (unpaired) electrons. The molecule has 0 unspecified atom stereocenters. The van der Waals surface area contributed by atoms with E-state index in [4.69, 9.17) is 0 Å². The highest BCUT2D eigenvalue weighted by molar-refractivity contribution is 8.00. The number of rotatable bonds is 6. The minimum absolute atomic E-state index is 0.00604. The number of hydrogen-bond acceptors (Lipinski definition) is 5. The van der Waals surface area contributed by atoms with Crippen LogP contribution in [-0.2, 0) is 15.8 Å². The number of nitro benzene ring substituents is 1. The Balaban J connectivity index is 1.53. The Kier molecular flexibility index (Phi) is 7.39. The van der Waals surface area contributed by atoms with Gasteiger partial charge in [-0.15, -0.1) is 11.8 Å². The molecule has 0 bridgehead atoms. The standard InChI is InChI=1S/C21H20F3N3O4S/c22-21(23,24)15-6-7-18(17(12-15)27(30)31)32-13-19(28)26-10-8-14(9-11-26)20(29)25-16-4-2-1-3-5-16/h1-7,12,14H,8-11,13H2,(H,25,29). The van der Waals surface area contributed by atoms with E-state index in [1.165, 1.54) is 0 Å². The van der Waals surface area contributed by atoms with E-state index in [1.54, 1.807) is 17.0 Å². The number of nitro groups is 1. The van der Waals surface area contributed by atoms with Crippen molar-refractivity contribution < 1.29 is 27.7 Å². The fraction of sp³-hybridized carbons (Fsp3) is 0.333. The van der Waals surface area contributed by atoms with Gasteiger partial charge in [-0.2, -0.15) is 13.2 Å². The first-order valence-electron chi connectivity index (χ1n) is 9.77. The van der Waals surface area contributed by atoms with Crippen LogP contribution in [0.4, 0.5) is 24.5 Å². The zero-order chi connectivity index (χ0) is 23.3. The van der Waals surface area contributed by atoms with E-state index >= 15 is 0 Å². The maximum absolute atomic E-state index is 12.8. The van der Waals surface area contributed by atoms with Gasteiger partial charge < -0.3 is 10.2 Å². The number of nitrogens with zero attached hydrogens (tertiary/aromatic N) is 2. The van der Waals surface area contributed by atoms with E-state index in [0.717, 1.165) is 23.9 Å². The van der Waals surface area contributed by atoms with Gasteiger partial charge in [0.15, 0.2) is 0 Å². The smallest absolute Gasteiger partial charge is 0.342 e.